The number of rotatable bonds is 9. The molecule has 3 rings (SSSR count). The molecule has 2 aromatic rings. The van der Waals surface area contributed by atoms with Crippen molar-refractivity contribution in [1.82, 2.24) is 15.5 Å². The van der Waals surface area contributed by atoms with Crippen molar-refractivity contribution in [3.63, 3.8) is 0 Å². The van der Waals surface area contributed by atoms with Crippen LogP contribution in [0.4, 0.5) is 9.59 Å². The van der Waals surface area contributed by atoms with E-state index < -0.39 is 35.7 Å². The Bertz CT molecular complexity index is 1070. The van der Waals surface area contributed by atoms with Crippen molar-refractivity contribution in [2.75, 3.05) is 26.0 Å². The Morgan fingerprint density at radius 3 is 2.11 bits per heavy atom. The number of methoxy groups -OCH3 is 1. The molecule has 0 saturated heterocycles. The maximum absolute atomic E-state index is 13.3. The highest BCUT2D eigenvalue weighted by molar-refractivity contribution is 7.80. The second-order valence-electron chi connectivity index (χ2n) is 10.2. The summed E-state index contributed by atoms with van der Waals surface area (Å²) in [5, 5.41) is 5.67. The molecule has 0 aromatic heterocycles. The second-order valence-corrected chi connectivity index (χ2v) is 10.6. The highest BCUT2D eigenvalue weighted by atomic mass is 32.1. The third kappa shape index (κ3) is 6.97. The standard InChI is InChI=1S/C28H37N3O5S/c1-18(24(25(32)30-28(2,3)4)31(15-10-16-37)27(34)35-5)29-26(33)36-17-23-21-13-8-6-11-19(21)20-12-7-9-14-22(20)23/h6-9,11-14,18,23-24,37H,10,15-17H2,1-5H3,(H,29,33)(H,30,32)/t18-,24-/m1/s1. The van der Waals surface area contributed by atoms with Gasteiger partial charge in [-0.25, -0.2) is 9.59 Å². The molecule has 0 aliphatic heterocycles. The summed E-state index contributed by atoms with van der Waals surface area (Å²) in [5.41, 5.74) is 3.95. The minimum atomic E-state index is -1.01. The SMILES string of the molecule is COC(=O)N(CCCS)[C@@H](C(=O)NC(C)(C)C)[C@@H](C)NC(=O)OCC1c2ccccc2-c2ccccc21. The topological polar surface area (TPSA) is 97.0 Å². The zero-order chi connectivity index (χ0) is 27.2. The Balaban J connectivity index is 1.75. The molecule has 2 aromatic carbocycles. The average molecular weight is 528 g/mol. The van der Waals surface area contributed by atoms with Crippen LogP contribution in [0.5, 0.6) is 0 Å². The number of amides is 3. The van der Waals surface area contributed by atoms with Crippen molar-refractivity contribution in [2.45, 2.75) is 57.7 Å². The van der Waals surface area contributed by atoms with Gasteiger partial charge in [-0.3, -0.25) is 9.69 Å². The molecule has 8 nitrogen and oxygen atoms in total. The van der Waals surface area contributed by atoms with Crippen LogP contribution in [-0.4, -0.2) is 66.6 Å². The number of carbonyl (C=O) groups is 3. The Hall–Kier alpha value is -3.20. The molecular weight excluding hydrogens is 490 g/mol. The van der Waals surface area contributed by atoms with Gasteiger partial charge in [-0.15, -0.1) is 0 Å². The molecule has 3 amide bonds. The first kappa shape index (κ1) is 28.4. The van der Waals surface area contributed by atoms with Crippen LogP contribution in [0.3, 0.4) is 0 Å². The first-order chi connectivity index (χ1) is 17.6. The van der Waals surface area contributed by atoms with E-state index in [1.165, 1.54) is 12.0 Å². The van der Waals surface area contributed by atoms with Crippen molar-refractivity contribution in [3.8, 4) is 11.1 Å². The smallest absolute Gasteiger partial charge is 0.410 e. The summed E-state index contributed by atoms with van der Waals surface area (Å²) in [6.07, 6.45) is -0.770. The molecule has 0 spiro atoms. The molecule has 37 heavy (non-hydrogen) atoms. The van der Waals surface area contributed by atoms with Crippen LogP contribution in [-0.2, 0) is 14.3 Å². The number of thiol groups is 1. The summed E-state index contributed by atoms with van der Waals surface area (Å²) in [5.74, 6) is 0.0360. The second kappa shape index (κ2) is 12.4. The Morgan fingerprint density at radius 2 is 1.59 bits per heavy atom. The van der Waals surface area contributed by atoms with Crippen molar-refractivity contribution >= 4 is 30.7 Å². The lowest BCUT2D eigenvalue weighted by Crippen LogP contribution is -2.61. The first-order valence-electron chi connectivity index (χ1n) is 12.5. The minimum Gasteiger partial charge on any atom is -0.453 e. The maximum Gasteiger partial charge on any atom is 0.410 e. The van der Waals surface area contributed by atoms with E-state index in [2.05, 4.69) is 35.4 Å². The number of carbonyl (C=O) groups excluding carboxylic acids is 3. The van der Waals surface area contributed by atoms with E-state index in [4.69, 9.17) is 9.47 Å². The number of nitrogens with zero attached hydrogens (tertiary/aromatic N) is 1. The number of hydrogen-bond acceptors (Lipinski definition) is 6. The number of ether oxygens (including phenoxy) is 2. The molecule has 0 unspecified atom stereocenters. The van der Waals surface area contributed by atoms with Crippen molar-refractivity contribution in [3.05, 3.63) is 59.7 Å². The van der Waals surface area contributed by atoms with Crippen LogP contribution in [0.15, 0.2) is 48.5 Å². The fourth-order valence-corrected chi connectivity index (χ4v) is 4.83. The molecule has 200 valence electrons. The predicted octanol–water partition coefficient (Wildman–Crippen LogP) is 4.59. The van der Waals surface area contributed by atoms with E-state index in [1.807, 2.05) is 57.2 Å². The number of hydrogen-bond donors (Lipinski definition) is 3. The van der Waals surface area contributed by atoms with E-state index in [9.17, 15) is 14.4 Å². The predicted molar refractivity (Wildman–Crippen MR) is 147 cm³/mol. The van der Waals surface area contributed by atoms with Gasteiger partial charge in [0.25, 0.3) is 0 Å². The van der Waals surface area contributed by atoms with Gasteiger partial charge >= 0.3 is 12.2 Å². The molecule has 9 heteroatoms. The lowest BCUT2D eigenvalue weighted by Gasteiger charge is -2.35. The number of benzene rings is 2. The molecule has 0 bridgehead atoms. The maximum atomic E-state index is 13.3. The Morgan fingerprint density at radius 1 is 1.03 bits per heavy atom. The third-order valence-corrected chi connectivity index (χ3v) is 6.55. The van der Waals surface area contributed by atoms with Crippen LogP contribution in [0.1, 0.15) is 51.2 Å². The Kier molecular flexibility index (Phi) is 9.48. The van der Waals surface area contributed by atoms with Crippen LogP contribution in [0.2, 0.25) is 0 Å². The molecule has 1 aliphatic carbocycles. The monoisotopic (exact) mass is 527 g/mol. The van der Waals surface area contributed by atoms with Crippen LogP contribution in [0.25, 0.3) is 11.1 Å². The highest BCUT2D eigenvalue weighted by Gasteiger charge is 2.37. The molecule has 0 radical (unpaired) electrons. The summed E-state index contributed by atoms with van der Waals surface area (Å²) >= 11 is 4.23. The van der Waals surface area contributed by atoms with Crippen molar-refractivity contribution < 1.29 is 23.9 Å². The first-order valence-corrected chi connectivity index (χ1v) is 13.1. The molecule has 1 aliphatic rings. The van der Waals surface area contributed by atoms with E-state index in [0.717, 1.165) is 22.3 Å². The molecule has 2 N–H and O–H groups in total. The average Bonchev–Trinajstić information content (AvgIpc) is 3.17. The molecule has 0 fully saturated rings. The molecular formula is C28H37N3O5S. The van der Waals surface area contributed by atoms with Crippen LogP contribution < -0.4 is 10.6 Å². The van der Waals surface area contributed by atoms with E-state index in [1.54, 1.807) is 6.92 Å². The van der Waals surface area contributed by atoms with Gasteiger partial charge in [0, 0.05) is 18.0 Å². The van der Waals surface area contributed by atoms with Gasteiger partial charge in [0.1, 0.15) is 12.6 Å². The minimum absolute atomic E-state index is 0.0876. The number of alkyl carbamates (subject to hydrolysis) is 1. The molecule has 0 saturated carbocycles. The fourth-order valence-electron chi connectivity index (χ4n) is 4.69. The summed E-state index contributed by atoms with van der Waals surface area (Å²) in [6, 6.07) is 14.4. The van der Waals surface area contributed by atoms with Crippen molar-refractivity contribution in [2.24, 2.45) is 0 Å². The lowest BCUT2D eigenvalue weighted by molar-refractivity contribution is -0.128. The van der Waals surface area contributed by atoms with Crippen molar-refractivity contribution in [1.29, 1.82) is 0 Å². The van der Waals surface area contributed by atoms with Crippen LogP contribution >= 0.6 is 12.6 Å². The van der Waals surface area contributed by atoms with E-state index in [-0.39, 0.29) is 19.1 Å². The number of fused-ring (bicyclic) bond motifs is 3. The number of nitrogens with one attached hydrogen (secondary N) is 2. The quantitative estimate of drug-likeness (QED) is 0.415. The van der Waals surface area contributed by atoms with Gasteiger partial charge in [0.2, 0.25) is 5.91 Å². The van der Waals surface area contributed by atoms with Crippen LogP contribution in [0, 0.1) is 0 Å². The third-order valence-electron chi connectivity index (χ3n) is 6.23. The zero-order valence-corrected chi connectivity index (χ0v) is 23.0. The summed E-state index contributed by atoms with van der Waals surface area (Å²) < 4.78 is 10.6. The van der Waals surface area contributed by atoms with E-state index >= 15 is 0 Å². The van der Waals surface area contributed by atoms with Gasteiger partial charge in [-0.2, -0.15) is 12.6 Å². The fraction of sp³-hybridized carbons (Fsp3) is 0.464. The lowest BCUT2D eigenvalue weighted by atomic mass is 9.98. The molecule has 2 atom stereocenters. The largest absolute Gasteiger partial charge is 0.453 e. The summed E-state index contributed by atoms with van der Waals surface area (Å²) in [4.78, 5) is 40.1. The summed E-state index contributed by atoms with van der Waals surface area (Å²) in [7, 11) is 1.26. The summed E-state index contributed by atoms with van der Waals surface area (Å²) in [6.45, 7) is 7.61. The van der Waals surface area contributed by atoms with Gasteiger partial charge in [-0.1, -0.05) is 48.5 Å². The molecule has 0 heterocycles. The zero-order valence-electron chi connectivity index (χ0n) is 22.1. The van der Waals surface area contributed by atoms with Gasteiger partial charge in [0.15, 0.2) is 0 Å². The van der Waals surface area contributed by atoms with Gasteiger partial charge < -0.3 is 20.1 Å². The van der Waals surface area contributed by atoms with E-state index in [0.29, 0.717) is 12.2 Å². The normalized spacial score (nSPS) is 14.1. The van der Waals surface area contributed by atoms with Gasteiger partial charge in [0.05, 0.1) is 13.2 Å². The highest BCUT2D eigenvalue weighted by Crippen LogP contribution is 2.44. The van der Waals surface area contributed by atoms with Gasteiger partial charge in [-0.05, 0) is 62.1 Å². The Labute approximate surface area is 224 Å².